The van der Waals surface area contributed by atoms with E-state index in [4.69, 9.17) is 5.11 Å². The van der Waals surface area contributed by atoms with Crippen molar-refractivity contribution in [3.05, 3.63) is 18.2 Å². The van der Waals surface area contributed by atoms with Crippen molar-refractivity contribution in [2.24, 2.45) is 7.05 Å². The zero-order chi connectivity index (χ0) is 8.69. The molecule has 0 aromatic carbocycles. The maximum Gasteiger partial charge on any atom is 0.110 e. The fraction of sp³-hybridized carbons (Fsp3) is 0.625. The van der Waals surface area contributed by atoms with E-state index in [0.717, 1.165) is 5.82 Å². The highest BCUT2D eigenvalue weighted by atomic mass is 16.3. The van der Waals surface area contributed by atoms with Gasteiger partial charge in [-0.1, -0.05) is 13.8 Å². The van der Waals surface area contributed by atoms with Crippen LogP contribution in [0, 0.1) is 0 Å². The Balaban J connectivity index is 0.000000461. The predicted octanol–water partition coefficient (Wildman–Crippen LogP) is 0.981. The molecule has 1 heterocycles. The first-order chi connectivity index (χ1) is 5.34. The van der Waals surface area contributed by atoms with Gasteiger partial charge in [-0.2, -0.15) is 0 Å². The highest BCUT2D eigenvalue weighted by molar-refractivity contribution is 4.90. The highest BCUT2D eigenvalue weighted by Gasteiger charge is 1.94. The lowest BCUT2D eigenvalue weighted by Crippen LogP contribution is -1.99. The van der Waals surface area contributed by atoms with Gasteiger partial charge in [0.1, 0.15) is 5.82 Å². The van der Waals surface area contributed by atoms with E-state index < -0.39 is 0 Å². The summed E-state index contributed by atoms with van der Waals surface area (Å²) in [6.07, 6.45) is 4.24. The van der Waals surface area contributed by atoms with Crippen molar-refractivity contribution in [3.63, 3.8) is 0 Å². The summed E-state index contributed by atoms with van der Waals surface area (Å²) in [5, 5.41) is 8.51. The van der Waals surface area contributed by atoms with Crippen LogP contribution in [0.15, 0.2) is 12.4 Å². The van der Waals surface area contributed by atoms with E-state index in [1.165, 1.54) is 0 Å². The summed E-state index contributed by atoms with van der Waals surface area (Å²) in [5.74, 6) is 0.928. The molecule has 3 heteroatoms. The number of aryl methyl sites for hydroxylation is 1. The Morgan fingerprint density at radius 1 is 1.55 bits per heavy atom. The van der Waals surface area contributed by atoms with Crippen molar-refractivity contribution >= 4 is 0 Å². The van der Waals surface area contributed by atoms with E-state index in [9.17, 15) is 0 Å². The first-order valence-corrected chi connectivity index (χ1v) is 3.91. The lowest BCUT2D eigenvalue weighted by molar-refractivity contribution is 0.295. The zero-order valence-electron chi connectivity index (χ0n) is 7.41. The molecule has 0 aliphatic rings. The molecule has 3 nitrogen and oxygen atoms in total. The quantitative estimate of drug-likeness (QED) is 0.693. The zero-order valence-corrected chi connectivity index (χ0v) is 7.41. The van der Waals surface area contributed by atoms with Gasteiger partial charge < -0.3 is 9.67 Å². The third-order valence-corrected chi connectivity index (χ3v) is 1.26. The molecule has 64 valence electrons. The molecule has 0 aliphatic carbocycles. The summed E-state index contributed by atoms with van der Waals surface area (Å²) in [5.41, 5.74) is 0. The molecule has 1 rings (SSSR count). The number of hydrogen-bond donors (Lipinski definition) is 1. The number of imidazole rings is 1. The third-order valence-electron chi connectivity index (χ3n) is 1.26. The van der Waals surface area contributed by atoms with Crippen LogP contribution in [-0.2, 0) is 13.5 Å². The van der Waals surface area contributed by atoms with Crippen LogP contribution in [0.3, 0.4) is 0 Å². The summed E-state index contributed by atoms with van der Waals surface area (Å²) in [6.45, 7) is 4.17. The summed E-state index contributed by atoms with van der Waals surface area (Å²) in [7, 11) is 1.91. The van der Waals surface area contributed by atoms with Gasteiger partial charge in [-0.3, -0.25) is 0 Å². The normalized spacial score (nSPS) is 8.73. The second-order valence-corrected chi connectivity index (χ2v) is 1.93. The second-order valence-electron chi connectivity index (χ2n) is 1.93. The van der Waals surface area contributed by atoms with Gasteiger partial charge in [-0.05, 0) is 0 Å². The van der Waals surface area contributed by atoms with E-state index in [1.54, 1.807) is 6.20 Å². The monoisotopic (exact) mass is 156 g/mol. The van der Waals surface area contributed by atoms with Crippen molar-refractivity contribution in [2.75, 3.05) is 6.61 Å². The summed E-state index contributed by atoms with van der Waals surface area (Å²) in [4.78, 5) is 4.01. The first-order valence-electron chi connectivity index (χ1n) is 3.91. The molecule has 0 radical (unpaired) electrons. The Kier molecular flexibility index (Phi) is 5.47. The molecular formula is C8H16N2O. The van der Waals surface area contributed by atoms with E-state index in [1.807, 2.05) is 31.7 Å². The maximum atomic E-state index is 8.51. The Morgan fingerprint density at radius 2 is 2.18 bits per heavy atom. The highest BCUT2D eigenvalue weighted by Crippen LogP contribution is 1.92. The van der Waals surface area contributed by atoms with Crippen molar-refractivity contribution in [2.45, 2.75) is 20.3 Å². The van der Waals surface area contributed by atoms with Crippen LogP contribution in [0.1, 0.15) is 19.7 Å². The minimum atomic E-state index is 0.171. The first kappa shape index (κ1) is 10.2. The molecule has 0 amide bonds. The molecule has 0 saturated carbocycles. The summed E-state index contributed by atoms with van der Waals surface area (Å²) in [6, 6.07) is 0. The summed E-state index contributed by atoms with van der Waals surface area (Å²) < 4.78 is 1.90. The van der Waals surface area contributed by atoms with Crippen molar-refractivity contribution in [1.29, 1.82) is 0 Å². The molecule has 1 N–H and O–H groups in total. The van der Waals surface area contributed by atoms with Crippen LogP contribution in [0.4, 0.5) is 0 Å². The van der Waals surface area contributed by atoms with Crippen molar-refractivity contribution in [3.8, 4) is 0 Å². The van der Waals surface area contributed by atoms with Gasteiger partial charge in [-0.15, -0.1) is 0 Å². The molecule has 0 fully saturated rings. The molecular weight excluding hydrogens is 140 g/mol. The van der Waals surface area contributed by atoms with Crippen LogP contribution in [0.2, 0.25) is 0 Å². The smallest absolute Gasteiger partial charge is 0.110 e. The van der Waals surface area contributed by atoms with Gasteiger partial charge in [0.25, 0.3) is 0 Å². The standard InChI is InChI=1S/C6H10N2O.C2H6/c1-8-4-3-7-6(8)2-5-9;1-2/h3-4,9H,2,5H2,1H3;1-2H3. The lowest BCUT2D eigenvalue weighted by atomic mass is 10.4. The van der Waals surface area contributed by atoms with Crippen LogP contribution < -0.4 is 0 Å². The van der Waals surface area contributed by atoms with E-state index in [-0.39, 0.29) is 6.61 Å². The molecule has 0 spiro atoms. The Bertz CT molecular complexity index is 184. The number of rotatable bonds is 2. The van der Waals surface area contributed by atoms with E-state index >= 15 is 0 Å². The van der Waals surface area contributed by atoms with E-state index in [0.29, 0.717) is 6.42 Å². The number of aliphatic hydroxyl groups is 1. The molecule has 0 bridgehead atoms. The minimum Gasteiger partial charge on any atom is -0.396 e. The van der Waals surface area contributed by atoms with Crippen LogP contribution in [0.5, 0.6) is 0 Å². The lowest BCUT2D eigenvalue weighted by Gasteiger charge is -1.95. The number of hydrogen-bond acceptors (Lipinski definition) is 2. The molecule has 0 atom stereocenters. The van der Waals surface area contributed by atoms with Crippen LogP contribution in [0.25, 0.3) is 0 Å². The van der Waals surface area contributed by atoms with Crippen LogP contribution in [-0.4, -0.2) is 21.3 Å². The van der Waals surface area contributed by atoms with E-state index in [2.05, 4.69) is 4.98 Å². The topological polar surface area (TPSA) is 38.0 Å². The molecule has 1 aromatic rings. The van der Waals surface area contributed by atoms with Crippen molar-refractivity contribution < 1.29 is 5.11 Å². The number of aromatic nitrogens is 2. The molecule has 0 aliphatic heterocycles. The minimum absolute atomic E-state index is 0.171. The Hall–Kier alpha value is -0.830. The maximum absolute atomic E-state index is 8.51. The van der Waals surface area contributed by atoms with Gasteiger partial charge in [0.15, 0.2) is 0 Å². The SMILES string of the molecule is CC.Cn1ccnc1CCO. The average Bonchev–Trinajstić information content (AvgIpc) is 2.42. The van der Waals surface area contributed by atoms with Gasteiger partial charge in [-0.25, -0.2) is 4.98 Å². The van der Waals surface area contributed by atoms with Gasteiger partial charge in [0, 0.05) is 25.9 Å². The number of nitrogens with zero attached hydrogens (tertiary/aromatic N) is 2. The Morgan fingerprint density at radius 3 is 2.55 bits per heavy atom. The fourth-order valence-corrected chi connectivity index (χ4v) is 0.737. The van der Waals surface area contributed by atoms with Gasteiger partial charge in [0.05, 0.1) is 6.61 Å². The summed E-state index contributed by atoms with van der Waals surface area (Å²) >= 11 is 0. The molecule has 0 saturated heterocycles. The van der Waals surface area contributed by atoms with Crippen LogP contribution >= 0.6 is 0 Å². The second kappa shape index (κ2) is 5.92. The average molecular weight is 156 g/mol. The molecule has 1 aromatic heterocycles. The van der Waals surface area contributed by atoms with Gasteiger partial charge in [0.2, 0.25) is 0 Å². The van der Waals surface area contributed by atoms with Crippen molar-refractivity contribution in [1.82, 2.24) is 9.55 Å². The third kappa shape index (κ3) is 3.18. The van der Waals surface area contributed by atoms with Gasteiger partial charge >= 0.3 is 0 Å². The Labute approximate surface area is 67.7 Å². The predicted molar refractivity (Wildman–Crippen MR) is 45.3 cm³/mol. The molecule has 0 unspecified atom stereocenters. The largest absolute Gasteiger partial charge is 0.396 e. The fourth-order valence-electron chi connectivity index (χ4n) is 0.737. The molecule has 11 heavy (non-hydrogen) atoms. The number of aliphatic hydroxyl groups excluding tert-OH is 1.